The molecule has 2 heterocycles. The lowest BCUT2D eigenvalue weighted by Gasteiger charge is -2.10. The second kappa shape index (κ2) is 7.40. The van der Waals surface area contributed by atoms with Crippen molar-refractivity contribution in [1.29, 1.82) is 0 Å². The Bertz CT molecular complexity index is 1250. The maximum atomic E-state index is 12.6. The number of anilines is 1. The number of rotatable bonds is 5. The van der Waals surface area contributed by atoms with Crippen molar-refractivity contribution in [3.63, 3.8) is 0 Å². The predicted octanol–water partition coefficient (Wildman–Crippen LogP) is 3.88. The fraction of sp³-hybridized carbons (Fsp3) is 0.158. The molecule has 0 unspecified atom stereocenters. The number of fused-ring (bicyclic) bond motifs is 1. The van der Waals surface area contributed by atoms with Crippen LogP contribution in [0.25, 0.3) is 15.5 Å². The molecule has 0 saturated carbocycles. The van der Waals surface area contributed by atoms with E-state index in [1.165, 1.54) is 35.6 Å². The van der Waals surface area contributed by atoms with Crippen molar-refractivity contribution >= 4 is 33.6 Å². The van der Waals surface area contributed by atoms with E-state index < -0.39 is 10.8 Å². The van der Waals surface area contributed by atoms with Crippen LogP contribution in [0.15, 0.2) is 42.5 Å². The number of hydrogen-bond donors (Lipinski definition) is 1. The van der Waals surface area contributed by atoms with Gasteiger partial charge in [-0.2, -0.15) is 9.61 Å². The summed E-state index contributed by atoms with van der Waals surface area (Å²) in [5.74, 6) is 0.370. The molecule has 0 bridgehead atoms. The fourth-order valence-corrected chi connectivity index (χ4v) is 3.69. The van der Waals surface area contributed by atoms with Gasteiger partial charge in [0.25, 0.3) is 11.6 Å². The highest BCUT2D eigenvalue weighted by Gasteiger charge is 2.15. The van der Waals surface area contributed by atoms with Crippen LogP contribution in [0.4, 0.5) is 11.4 Å². The van der Waals surface area contributed by atoms with E-state index in [4.69, 9.17) is 0 Å². The van der Waals surface area contributed by atoms with Gasteiger partial charge < -0.3 is 5.32 Å². The van der Waals surface area contributed by atoms with Crippen LogP contribution in [0.2, 0.25) is 0 Å². The number of nitrogens with zero attached hydrogens (tertiary/aromatic N) is 5. The van der Waals surface area contributed by atoms with Crippen LogP contribution in [-0.4, -0.2) is 30.6 Å². The number of nitro benzene ring substituents is 1. The SMILES string of the molecule is CCc1nnc2sc(-c3ccc(C)c(NC(=O)c4cccc([N+](=O)[O-])c4)c3)nn12. The lowest BCUT2D eigenvalue weighted by atomic mass is 10.1. The zero-order valence-corrected chi connectivity index (χ0v) is 16.4. The van der Waals surface area contributed by atoms with Gasteiger partial charge in [0.2, 0.25) is 4.96 Å². The Morgan fingerprint density at radius 1 is 1.24 bits per heavy atom. The topological polar surface area (TPSA) is 115 Å². The number of hydrogen-bond acceptors (Lipinski definition) is 7. The Balaban J connectivity index is 1.64. The number of benzene rings is 2. The molecule has 9 nitrogen and oxygen atoms in total. The maximum absolute atomic E-state index is 12.6. The standard InChI is InChI=1S/C19H16N6O3S/c1-3-16-21-22-19-24(16)23-18(29-19)13-8-7-11(2)15(10-13)20-17(26)12-5-4-6-14(9-12)25(27)28/h4-10H,3H2,1-2H3,(H,20,26). The first kappa shape index (κ1) is 18.7. The van der Waals surface area contributed by atoms with Gasteiger partial charge in [0.1, 0.15) is 5.01 Å². The molecule has 0 aliphatic rings. The molecule has 0 aliphatic heterocycles. The Labute approximate surface area is 169 Å². The van der Waals surface area contributed by atoms with Crippen molar-refractivity contribution in [1.82, 2.24) is 19.8 Å². The number of nitrogens with one attached hydrogen (secondary N) is 1. The van der Waals surface area contributed by atoms with Crippen LogP contribution in [0.3, 0.4) is 0 Å². The van der Waals surface area contributed by atoms with Crippen LogP contribution >= 0.6 is 11.3 Å². The summed E-state index contributed by atoms with van der Waals surface area (Å²) in [5.41, 5.74) is 2.40. The zero-order chi connectivity index (χ0) is 20.5. The number of carbonyl (C=O) groups is 1. The molecule has 4 aromatic rings. The quantitative estimate of drug-likeness (QED) is 0.396. The summed E-state index contributed by atoms with van der Waals surface area (Å²) in [6, 6.07) is 11.3. The highest BCUT2D eigenvalue weighted by molar-refractivity contribution is 7.19. The molecule has 0 fully saturated rings. The molecule has 4 rings (SSSR count). The largest absolute Gasteiger partial charge is 0.322 e. The molecule has 0 atom stereocenters. The average Bonchev–Trinajstić information content (AvgIpc) is 3.30. The number of non-ortho nitro benzene ring substituents is 1. The predicted molar refractivity (Wildman–Crippen MR) is 109 cm³/mol. The molecule has 2 aromatic carbocycles. The van der Waals surface area contributed by atoms with E-state index in [-0.39, 0.29) is 11.3 Å². The summed E-state index contributed by atoms with van der Waals surface area (Å²) >= 11 is 1.41. The van der Waals surface area contributed by atoms with E-state index >= 15 is 0 Å². The van der Waals surface area contributed by atoms with Crippen molar-refractivity contribution in [2.75, 3.05) is 5.32 Å². The smallest absolute Gasteiger partial charge is 0.270 e. The molecule has 0 radical (unpaired) electrons. The Morgan fingerprint density at radius 2 is 2.07 bits per heavy atom. The third-order valence-electron chi connectivity index (χ3n) is 4.42. The Kier molecular flexibility index (Phi) is 4.77. The van der Waals surface area contributed by atoms with Gasteiger partial charge in [0, 0.05) is 35.4 Å². The van der Waals surface area contributed by atoms with E-state index in [9.17, 15) is 14.9 Å². The number of nitro groups is 1. The van der Waals surface area contributed by atoms with Gasteiger partial charge >= 0.3 is 0 Å². The van der Waals surface area contributed by atoms with E-state index in [0.717, 1.165) is 28.4 Å². The first-order valence-electron chi connectivity index (χ1n) is 8.84. The van der Waals surface area contributed by atoms with Crippen molar-refractivity contribution in [3.05, 3.63) is 69.5 Å². The van der Waals surface area contributed by atoms with Gasteiger partial charge in [-0.25, -0.2) is 0 Å². The molecular formula is C19H16N6O3S. The minimum atomic E-state index is -0.527. The van der Waals surface area contributed by atoms with Crippen molar-refractivity contribution < 1.29 is 9.72 Å². The number of aryl methyl sites for hydroxylation is 2. The lowest BCUT2D eigenvalue weighted by molar-refractivity contribution is -0.384. The van der Waals surface area contributed by atoms with E-state index in [0.29, 0.717) is 10.6 Å². The number of carbonyl (C=O) groups excluding carboxylic acids is 1. The van der Waals surface area contributed by atoms with Gasteiger partial charge in [0.05, 0.1) is 4.92 Å². The first-order valence-corrected chi connectivity index (χ1v) is 9.66. The molecular weight excluding hydrogens is 392 g/mol. The van der Waals surface area contributed by atoms with Crippen LogP contribution in [0.5, 0.6) is 0 Å². The van der Waals surface area contributed by atoms with Crippen molar-refractivity contribution in [3.8, 4) is 10.6 Å². The summed E-state index contributed by atoms with van der Waals surface area (Å²) in [4.78, 5) is 23.7. The summed E-state index contributed by atoms with van der Waals surface area (Å²) in [7, 11) is 0. The summed E-state index contributed by atoms with van der Waals surface area (Å²) in [5, 5.41) is 27.3. The van der Waals surface area contributed by atoms with Gasteiger partial charge in [-0.1, -0.05) is 36.5 Å². The lowest BCUT2D eigenvalue weighted by Crippen LogP contribution is -2.13. The molecule has 1 N–H and O–H groups in total. The van der Waals surface area contributed by atoms with E-state index in [1.807, 2.05) is 32.0 Å². The molecule has 29 heavy (non-hydrogen) atoms. The Morgan fingerprint density at radius 3 is 2.83 bits per heavy atom. The summed E-state index contributed by atoms with van der Waals surface area (Å²) in [6.45, 7) is 3.86. The van der Waals surface area contributed by atoms with Gasteiger partial charge in [-0.05, 0) is 24.6 Å². The van der Waals surface area contributed by atoms with E-state index in [2.05, 4.69) is 20.6 Å². The first-order chi connectivity index (χ1) is 14.0. The third-order valence-corrected chi connectivity index (χ3v) is 5.37. The summed E-state index contributed by atoms with van der Waals surface area (Å²) < 4.78 is 1.72. The number of amides is 1. The molecule has 146 valence electrons. The molecule has 2 aromatic heterocycles. The fourth-order valence-electron chi connectivity index (χ4n) is 2.84. The normalized spacial score (nSPS) is 11.0. The van der Waals surface area contributed by atoms with Crippen molar-refractivity contribution in [2.45, 2.75) is 20.3 Å². The zero-order valence-electron chi connectivity index (χ0n) is 15.6. The molecule has 10 heteroatoms. The third kappa shape index (κ3) is 3.57. The highest BCUT2D eigenvalue weighted by Crippen LogP contribution is 2.29. The minimum absolute atomic E-state index is 0.130. The second-order valence-corrected chi connectivity index (χ2v) is 7.32. The molecule has 0 saturated heterocycles. The maximum Gasteiger partial charge on any atom is 0.270 e. The van der Waals surface area contributed by atoms with Crippen LogP contribution in [0, 0.1) is 17.0 Å². The van der Waals surface area contributed by atoms with Crippen LogP contribution < -0.4 is 5.32 Å². The monoisotopic (exact) mass is 408 g/mol. The van der Waals surface area contributed by atoms with Gasteiger partial charge in [-0.3, -0.25) is 14.9 Å². The molecule has 1 amide bonds. The minimum Gasteiger partial charge on any atom is -0.322 e. The van der Waals surface area contributed by atoms with Crippen molar-refractivity contribution in [2.24, 2.45) is 0 Å². The van der Waals surface area contributed by atoms with Gasteiger partial charge in [0.15, 0.2) is 5.82 Å². The molecule has 0 aliphatic carbocycles. The second-order valence-electron chi connectivity index (χ2n) is 6.36. The van der Waals surface area contributed by atoms with Crippen LogP contribution in [-0.2, 0) is 6.42 Å². The van der Waals surface area contributed by atoms with E-state index in [1.54, 1.807) is 4.52 Å². The molecule has 0 spiro atoms. The highest BCUT2D eigenvalue weighted by atomic mass is 32.1. The van der Waals surface area contributed by atoms with Gasteiger partial charge in [-0.15, -0.1) is 10.2 Å². The Hall–Kier alpha value is -3.66. The number of aromatic nitrogens is 4. The summed E-state index contributed by atoms with van der Waals surface area (Å²) in [6.07, 6.45) is 0.725. The average molecular weight is 408 g/mol. The van der Waals surface area contributed by atoms with Crippen LogP contribution in [0.1, 0.15) is 28.7 Å².